The molecule has 0 saturated carbocycles. The Morgan fingerprint density at radius 2 is 1.60 bits per heavy atom. The van der Waals surface area contributed by atoms with Crippen molar-refractivity contribution in [2.24, 2.45) is 16.5 Å². The van der Waals surface area contributed by atoms with Gasteiger partial charge in [0.05, 0.1) is 38.0 Å². The number of aromatic hydroxyl groups is 1. The second kappa shape index (κ2) is 17.9. The van der Waals surface area contributed by atoms with E-state index < -0.39 is 78.0 Å². The average Bonchev–Trinajstić information content (AvgIpc) is 3.21. The quantitative estimate of drug-likeness (QED) is 0.0115. The number of guanidine groups is 1. The number of phenols is 1. The zero-order valence-corrected chi connectivity index (χ0v) is 32.4. The fourth-order valence-corrected chi connectivity index (χ4v) is 7.27. The number of aliphatic imine (C=N–C) groups is 1. The highest BCUT2D eigenvalue weighted by Crippen LogP contribution is 2.46. The van der Waals surface area contributed by atoms with Crippen LogP contribution < -0.4 is 20.9 Å². The molecule has 17 nitrogen and oxygen atoms in total. The van der Waals surface area contributed by atoms with E-state index in [0.29, 0.717) is 11.8 Å². The second-order valence-corrected chi connectivity index (χ2v) is 14.1. The van der Waals surface area contributed by atoms with Crippen LogP contribution >= 0.6 is 0 Å². The van der Waals surface area contributed by atoms with Gasteiger partial charge in [0, 0.05) is 46.7 Å². The highest BCUT2D eigenvalue weighted by atomic mass is 16.7. The van der Waals surface area contributed by atoms with Crippen LogP contribution in [0.5, 0.6) is 17.2 Å². The zero-order chi connectivity index (χ0) is 43.5. The molecule has 0 aromatic heterocycles. The number of ketones is 2. The van der Waals surface area contributed by atoms with Crippen molar-refractivity contribution >= 4 is 41.9 Å². The summed E-state index contributed by atoms with van der Waals surface area (Å²) in [6.07, 6.45) is -3.69. The van der Waals surface area contributed by atoms with E-state index in [2.05, 4.69) is 4.99 Å². The van der Waals surface area contributed by atoms with Crippen LogP contribution in [0.15, 0.2) is 65.7 Å². The van der Waals surface area contributed by atoms with Crippen LogP contribution in [0.4, 0.5) is 0 Å². The van der Waals surface area contributed by atoms with E-state index >= 15 is 0 Å². The summed E-state index contributed by atoms with van der Waals surface area (Å²) in [5.41, 5.74) is 10.3. The molecule has 17 heteroatoms. The standard InChI is InChI=1S/C43H43N3O14/c1-21-39(54)43(55,56)40(57-14-13-46-42(44)45)41(58-21)60-32-17-29-35(36(51)28(32)15-24-9-6-10-25(18-47)30(24)20-49)38(53)33-26(19-48)16-31(59-22(2)50)27(34(33)37(29)52)12-11-23-7-4-3-5-8-23/h3-12,16-17,20-21,39-41,47-48,51,54-56H,13-15,18-19H2,1-2H3,(H4,44,45,46). The second-order valence-electron chi connectivity index (χ2n) is 14.1. The fraction of sp³-hybridized carbons (Fsp3) is 0.279. The number of hydrogen-bond acceptors (Lipinski definition) is 15. The summed E-state index contributed by atoms with van der Waals surface area (Å²) in [7, 11) is 0. The van der Waals surface area contributed by atoms with Crippen LogP contribution in [0.1, 0.15) is 89.4 Å². The molecule has 4 atom stereocenters. The van der Waals surface area contributed by atoms with Gasteiger partial charge in [-0.3, -0.25) is 24.2 Å². The number of nitrogens with zero attached hydrogens (tertiary/aromatic N) is 1. The number of aldehydes is 1. The molecule has 4 aromatic rings. The first-order valence-electron chi connectivity index (χ1n) is 18.6. The van der Waals surface area contributed by atoms with Gasteiger partial charge in [-0.05, 0) is 47.4 Å². The third-order valence-electron chi connectivity index (χ3n) is 10.1. The minimum atomic E-state index is -3.02. The molecule has 1 aliphatic carbocycles. The summed E-state index contributed by atoms with van der Waals surface area (Å²) >= 11 is 0. The lowest BCUT2D eigenvalue weighted by Crippen LogP contribution is -2.67. The Morgan fingerprint density at radius 3 is 2.25 bits per heavy atom. The van der Waals surface area contributed by atoms with Gasteiger partial charge >= 0.3 is 5.97 Å². The molecule has 1 fully saturated rings. The molecule has 60 heavy (non-hydrogen) atoms. The minimum absolute atomic E-state index is 0.00532. The van der Waals surface area contributed by atoms with Gasteiger partial charge in [0.1, 0.15) is 23.4 Å². The van der Waals surface area contributed by atoms with Crippen molar-refractivity contribution in [1.82, 2.24) is 0 Å². The number of benzene rings is 4. The average molecular weight is 826 g/mol. The van der Waals surface area contributed by atoms with Crippen LogP contribution in [0, 0.1) is 0 Å². The van der Waals surface area contributed by atoms with Crippen molar-refractivity contribution < 1.29 is 68.8 Å². The molecule has 0 radical (unpaired) electrons. The molecule has 0 spiro atoms. The van der Waals surface area contributed by atoms with E-state index in [1.54, 1.807) is 42.5 Å². The Bertz CT molecular complexity index is 2390. The molecule has 1 aliphatic heterocycles. The largest absolute Gasteiger partial charge is 0.507 e. The number of esters is 1. The summed E-state index contributed by atoms with van der Waals surface area (Å²) in [5, 5.41) is 65.7. The van der Waals surface area contributed by atoms with Gasteiger partial charge in [-0.1, -0.05) is 54.6 Å². The number of rotatable bonds is 14. The lowest BCUT2D eigenvalue weighted by Gasteiger charge is -2.45. The fourth-order valence-electron chi connectivity index (χ4n) is 7.27. The molecule has 1 saturated heterocycles. The van der Waals surface area contributed by atoms with Crippen molar-refractivity contribution in [3.8, 4) is 17.2 Å². The molecule has 2 aliphatic rings. The molecule has 6 rings (SSSR count). The van der Waals surface area contributed by atoms with Gasteiger partial charge in [0.15, 0.2) is 29.9 Å². The Labute approximate surface area is 342 Å². The molecule has 1 heterocycles. The van der Waals surface area contributed by atoms with Crippen molar-refractivity contribution in [3.63, 3.8) is 0 Å². The molecule has 314 valence electrons. The Hall–Kier alpha value is -6.31. The monoisotopic (exact) mass is 825 g/mol. The number of ether oxygens (including phenoxy) is 4. The van der Waals surface area contributed by atoms with Crippen LogP contribution in [-0.4, -0.2) is 104 Å². The first-order valence-corrected chi connectivity index (χ1v) is 18.6. The smallest absolute Gasteiger partial charge is 0.308 e. The van der Waals surface area contributed by atoms with E-state index in [1.807, 2.05) is 0 Å². The first kappa shape index (κ1) is 43.3. The Morgan fingerprint density at radius 1 is 0.900 bits per heavy atom. The van der Waals surface area contributed by atoms with Crippen molar-refractivity contribution in [3.05, 3.63) is 122 Å². The summed E-state index contributed by atoms with van der Waals surface area (Å²) in [4.78, 5) is 58.0. The molecule has 0 bridgehead atoms. The van der Waals surface area contributed by atoms with Crippen LogP contribution in [0.2, 0.25) is 0 Å². The summed E-state index contributed by atoms with van der Waals surface area (Å²) in [6.45, 7) is 0.667. The number of aliphatic hydroxyl groups is 5. The van der Waals surface area contributed by atoms with Crippen LogP contribution in [0.25, 0.3) is 12.2 Å². The van der Waals surface area contributed by atoms with E-state index in [-0.39, 0.29) is 81.5 Å². The lowest BCUT2D eigenvalue weighted by atomic mass is 9.77. The molecular weight excluding hydrogens is 782 g/mol. The van der Waals surface area contributed by atoms with Crippen LogP contribution in [0.3, 0.4) is 0 Å². The zero-order valence-electron chi connectivity index (χ0n) is 32.4. The molecule has 10 N–H and O–H groups in total. The highest BCUT2D eigenvalue weighted by Gasteiger charge is 2.56. The highest BCUT2D eigenvalue weighted by molar-refractivity contribution is 6.31. The number of carbonyl (C=O) groups excluding carboxylic acids is 4. The third kappa shape index (κ3) is 8.41. The molecular formula is C43H43N3O14. The maximum atomic E-state index is 14.9. The summed E-state index contributed by atoms with van der Waals surface area (Å²) < 4.78 is 23.3. The molecule has 0 amide bonds. The topological polar surface area (TPSA) is 291 Å². The minimum Gasteiger partial charge on any atom is -0.507 e. The number of aliphatic hydroxyl groups excluding tert-OH is 3. The lowest BCUT2D eigenvalue weighted by molar-refractivity contribution is -0.378. The maximum absolute atomic E-state index is 14.9. The van der Waals surface area contributed by atoms with Crippen LogP contribution in [-0.2, 0) is 33.9 Å². The van der Waals surface area contributed by atoms with Crippen molar-refractivity contribution in [1.29, 1.82) is 0 Å². The Balaban J connectivity index is 1.58. The van der Waals surface area contributed by atoms with Gasteiger partial charge in [-0.2, -0.15) is 0 Å². The Kier molecular flexibility index (Phi) is 12.9. The molecule has 4 unspecified atom stereocenters. The predicted octanol–water partition coefficient (Wildman–Crippen LogP) is 1.48. The number of fused-ring (bicyclic) bond motifs is 2. The number of carbonyl (C=O) groups is 4. The molecule has 4 aromatic carbocycles. The number of hydrogen-bond donors (Lipinski definition) is 8. The van der Waals surface area contributed by atoms with Gasteiger partial charge in [-0.15, -0.1) is 0 Å². The number of phenolic OH excluding ortho intramolecular Hbond substituents is 1. The van der Waals surface area contributed by atoms with Gasteiger partial charge in [0.25, 0.3) is 0 Å². The van der Waals surface area contributed by atoms with E-state index in [9.17, 15) is 49.8 Å². The summed E-state index contributed by atoms with van der Waals surface area (Å²) in [5.74, 6) is -7.09. The van der Waals surface area contributed by atoms with Gasteiger partial charge in [-0.25, -0.2) is 0 Å². The third-order valence-corrected chi connectivity index (χ3v) is 10.1. The van der Waals surface area contributed by atoms with Crippen molar-refractivity contribution in [2.75, 3.05) is 13.2 Å². The van der Waals surface area contributed by atoms with Gasteiger partial charge < -0.3 is 61.1 Å². The first-order chi connectivity index (χ1) is 28.6. The maximum Gasteiger partial charge on any atom is 0.308 e. The van der Waals surface area contributed by atoms with Crippen molar-refractivity contribution in [2.45, 2.75) is 63.9 Å². The van der Waals surface area contributed by atoms with E-state index in [4.69, 9.17) is 30.4 Å². The van der Waals surface area contributed by atoms with E-state index in [0.717, 1.165) is 13.0 Å². The predicted molar refractivity (Wildman–Crippen MR) is 213 cm³/mol. The van der Waals surface area contributed by atoms with E-state index in [1.165, 1.54) is 31.2 Å². The normalized spacial score (nSPS) is 19.4. The summed E-state index contributed by atoms with van der Waals surface area (Å²) in [6, 6.07) is 15.8. The van der Waals surface area contributed by atoms with Gasteiger partial charge in [0.2, 0.25) is 12.1 Å². The number of nitrogens with two attached hydrogens (primary N) is 2. The SMILES string of the molecule is CC(=O)Oc1cc(CO)c2c(c1C=Cc1ccccc1)C(=O)c1cc(OC3OC(C)C(O)C(O)(O)C3OCCN=C(N)N)c(Cc3cccc(CO)c3C=O)c(O)c1C2=O.